The Morgan fingerprint density at radius 3 is 2.17 bits per heavy atom. The van der Waals surface area contributed by atoms with Crippen LogP contribution in [0.5, 0.6) is 0 Å². The Balaban J connectivity index is 3.54. The van der Waals surface area contributed by atoms with Crippen molar-refractivity contribution in [2.75, 3.05) is 0 Å². The molecule has 0 fully saturated rings. The minimum atomic E-state index is 0.637. The molecule has 0 heteroatoms. The molecule has 0 aromatic rings. The molecule has 0 aromatic heterocycles. The molecule has 73 valence electrons. The first-order valence-corrected chi connectivity index (χ1v) is 5.53. The van der Waals surface area contributed by atoms with Crippen LogP contribution in [0.1, 0.15) is 59.3 Å². The minimum Gasteiger partial charge on any atom is -0.0654 e. The van der Waals surface area contributed by atoms with Gasteiger partial charge in [-0.2, -0.15) is 0 Å². The van der Waals surface area contributed by atoms with Crippen LogP contribution in [0.3, 0.4) is 0 Å². The highest BCUT2D eigenvalue weighted by molar-refractivity contribution is 4.64. The Morgan fingerprint density at radius 1 is 1.08 bits per heavy atom. The van der Waals surface area contributed by atoms with Gasteiger partial charge in [0, 0.05) is 0 Å². The zero-order valence-corrected chi connectivity index (χ0v) is 9.10. The van der Waals surface area contributed by atoms with Crippen molar-refractivity contribution >= 4 is 0 Å². The maximum Gasteiger partial charge on any atom is -0.0412 e. The van der Waals surface area contributed by atoms with E-state index in [1.165, 1.54) is 38.5 Å². The van der Waals surface area contributed by atoms with Gasteiger partial charge in [-0.15, -0.1) is 0 Å². The van der Waals surface area contributed by atoms with Crippen LogP contribution in [0.2, 0.25) is 0 Å². The van der Waals surface area contributed by atoms with Gasteiger partial charge in [0.1, 0.15) is 0 Å². The van der Waals surface area contributed by atoms with Gasteiger partial charge in [-0.1, -0.05) is 59.8 Å². The Morgan fingerprint density at radius 2 is 1.75 bits per heavy atom. The van der Waals surface area contributed by atoms with Gasteiger partial charge in [0.2, 0.25) is 0 Å². The molecule has 0 saturated carbocycles. The summed E-state index contributed by atoms with van der Waals surface area (Å²) in [6.07, 6.45) is 8.22. The summed E-state index contributed by atoms with van der Waals surface area (Å²) in [5.74, 6) is 1.58. The Bertz CT molecular complexity index is 84.0. The average molecular weight is 169 g/mol. The molecular weight excluding hydrogens is 144 g/mol. The second-order valence-corrected chi connectivity index (χ2v) is 4.14. The van der Waals surface area contributed by atoms with E-state index in [1.54, 1.807) is 0 Å². The predicted molar refractivity (Wildman–Crippen MR) is 57.1 cm³/mol. The van der Waals surface area contributed by atoms with E-state index in [2.05, 4.69) is 27.7 Å². The fourth-order valence-corrected chi connectivity index (χ4v) is 1.85. The SMILES string of the molecule is [CH2]C(C)CC(CCC)CCCC. The van der Waals surface area contributed by atoms with E-state index >= 15 is 0 Å². The summed E-state index contributed by atoms with van der Waals surface area (Å²) >= 11 is 0. The summed E-state index contributed by atoms with van der Waals surface area (Å²) in [6, 6.07) is 0. The predicted octanol–water partition coefficient (Wildman–Crippen LogP) is 4.45. The highest BCUT2D eigenvalue weighted by atomic mass is 14.1. The highest BCUT2D eigenvalue weighted by Crippen LogP contribution is 2.22. The van der Waals surface area contributed by atoms with E-state index in [9.17, 15) is 0 Å². The van der Waals surface area contributed by atoms with Crippen molar-refractivity contribution in [1.29, 1.82) is 0 Å². The molecule has 0 nitrogen and oxygen atoms in total. The van der Waals surface area contributed by atoms with Gasteiger partial charge in [-0.3, -0.25) is 0 Å². The van der Waals surface area contributed by atoms with E-state index in [0.29, 0.717) is 5.92 Å². The summed E-state index contributed by atoms with van der Waals surface area (Å²) < 4.78 is 0. The third kappa shape index (κ3) is 6.69. The lowest BCUT2D eigenvalue weighted by Crippen LogP contribution is -2.04. The molecule has 0 bridgehead atoms. The summed E-state index contributed by atoms with van der Waals surface area (Å²) in [5, 5.41) is 0. The standard InChI is InChI=1S/C12H25/c1-5-7-9-12(8-6-2)10-11(3)4/h11-12H,3,5-10H2,1-2,4H3. The van der Waals surface area contributed by atoms with Gasteiger partial charge < -0.3 is 0 Å². The zero-order chi connectivity index (χ0) is 9.40. The topological polar surface area (TPSA) is 0 Å². The van der Waals surface area contributed by atoms with E-state index in [4.69, 9.17) is 0 Å². The molecule has 2 atom stereocenters. The van der Waals surface area contributed by atoms with Crippen LogP contribution >= 0.6 is 0 Å². The van der Waals surface area contributed by atoms with Crippen molar-refractivity contribution < 1.29 is 0 Å². The third-order valence-electron chi connectivity index (χ3n) is 2.40. The van der Waals surface area contributed by atoms with E-state index in [0.717, 1.165) is 5.92 Å². The summed E-state index contributed by atoms with van der Waals surface area (Å²) in [6.45, 7) is 10.9. The van der Waals surface area contributed by atoms with Gasteiger partial charge in [-0.25, -0.2) is 0 Å². The first-order valence-electron chi connectivity index (χ1n) is 5.53. The third-order valence-corrected chi connectivity index (χ3v) is 2.40. The molecule has 0 spiro atoms. The first-order chi connectivity index (χ1) is 5.70. The van der Waals surface area contributed by atoms with E-state index in [-0.39, 0.29) is 0 Å². The van der Waals surface area contributed by atoms with Gasteiger partial charge in [0.05, 0.1) is 0 Å². The second-order valence-electron chi connectivity index (χ2n) is 4.14. The molecule has 2 unspecified atom stereocenters. The van der Waals surface area contributed by atoms with Crippen LogP contribution in [0.15, 0.2) is 0 Å². The number of hydrogen-bond donors (Lipinski definition) is 0. The smallest absolute Gasteiger partial charge is 0.0412 e. The van der Waals surface area contributed by atoms with Crippen molar-refractivity contribution in [1.82, 2.24) is 0 Å². The monoisotopic (exact) mass is 169 g/mol. The lowest BCUT2D eigenvalue weighted by atomic mass is 9.89. The molecule has 0 heterocycles. The van der Waals surface area contributed by atoms with Crippen molar-refractivity contribution in [3.8, 4) is 0 Å². The first kappa shape index (κ1) is 12.0. The minimum absolute atomic E-state index is 0.637. The molecule has 0 N–H and O–H groups in total. The van der Waals surface area contributed by atoms with Gasteiger partial charge in [-0.05, 0) is 18.3 Å². The van der Waals surface area contributed by atoms with Crippen molar-refractivity contribution in [3.05, 3.63) is 6.92 Å². The molecule has 0 aromatic carbocycles. The lowest BCUT2D eigenvalue weighted by Gasteiger charge is -2.17. The van der Waals surface area contributed by atoms with Crippen LogP contribution in [-0.2, 0) is 0 Å². The van der Waals surface area contributed by atoms with Gasteiger partial charge in [0.15, 0.2) is 0 Å². The Kier molecular flexibility index (Phi) is 7.64. The Labute approximate surface area is 78.8 Å². The fourth-order valence-electron chi connectivity index (χ4n) is 1.85. The molecule has 12 heavy (non-hydrogen) atoms. The second kappa shape index (κ2) is 7.64. The quantitative estimate of drug-likeness (QED) is 0.528. The molecule has 0 saturated heterocycles. The molecule has 0 rings (SSSR count). The normalized spacial score (nSPS) is 13.8. The van der Waals surface area contributed by atoms with Crippen molar-refractivity contribution in [2.24, 2.45) is 11.8 Å². The summed E-state index contributed by atoms with van der Waals surface area (Å²) in [5.41, 5.74) is 0. The van der Waals surface area contributed by atoms with Crippen LogP contribution in [0.25, 0.3) is 0 Å². The zero-order valence-electron chi connectivity index (χ0n) is 9.10. The Hall–Kier alpha value is 0. The summed E-state index contributed by atoms with van der Waals surface area (Å²) in [7, 11) is 0. The molecular formula is C12H25. The maximum atomic E-state index is 4.07. The lowest BCUT2D eigenvalue weighted by molar-refractivity contribution is 0.366. The number of rotatable bonds is 7. The molecule has 0 amide bonds. The van der Waals surface area contributed by atoms with E-state index < -0.39 is 0 Å². The van der Waals surface area contributed by atoms with Crippen molar-refractivity contribution in [3.63, 3.8) is 0 Å². The number of unbranched alkanes of at least 4 members (excludes halogenated alkanes) is 1. The van der Waals surface area contributed by atoms with Crippen LogP contribution in [0.4, 0.5) is 0 Å². The maximum absolute atomic E-state index is 4.07. The molecule has 0 aliphatic heterocycles. The van der Waals surface area contributed by atoms with Gasteiger partial charge in [0.25, 0.3) is 0 Å². The molecule has 0 aliphatic rings. The molecule has 0 aliphatic carbocycles. The summed E-state index contributed by atoms with van der Waals surface area (Å²) in [4.78, 5) is 0. The van der Waals surface area contributed by atoms with Crippen LogP contribution < -0.4 is 0 Å². The van der Waals surface area contributed by atoms with Gasteiger partial charge >= 0.3 is 0 Å². The fraction of sp³-hybridized carbons (Fsp3) is 0.917. The molecule has 1 radical (unpaired) electrons. The van der Waals surface area contributed by atoms with Crippen LogP contribution in [-0.4, -0.2) is 0 Å². The van der Waals surface area contributed by atoms with Crippen molar-refractivity contribution in [2.45, 2.75) is 59.3 Å². The van der Waals surface area contributed by atoms with E-state index in [1.807, 2.05) is 0 Å². The largest absolute Gasteiger partial charge is 0.0654 e. The average Bonchev–Trinajstić information content (AvgIpc) is 2.00. The highest BCUT2D eigenvalue weighted by Gasteiger charge is 2.08. The van der Waals surface area contributed by atoms with Crippen LogP contribution in [0, 0.1) is 18.8 Å². The number of hydrogen-bond acceptors (Lipinski definition) is 0.